The van der Waals surface area contributed by atoms with Crippen LogP contribution >= 0.6 is 0 Å². The maximum absolute atomic E-state index is 10.7. The predicted octanol–water partition coefficient (Wildman–Crippen LogP) is 0.244. The molecule has 0 atom stereocenters. The van der Waals surface area contributed by atoms with Gasteiger partial charge in [0.15, 0.2) is 0 Å². The van der Waals surface area contributed by atoms with Crippen molar-refractivity contribution in [2.24, 2.45) is 0 Å². The quantitative estimate of drug-likeness (QED) is 0.571. The number of likely N-dealkylation sites (N-methyl/N-ethyl adjacent to an activating group) is 1. The summed E-state index contributed by atoms with van der Waals surface area (Å²) in [4.78, 5) is 12.1. The Hall–Kier alpha value is -1.63. The molecule has 0 aromatic carbocycles. The fourth-order valence-electron chi connectivity index (χ4n) is 1.28. The zero-order chi connectivity index (χ0) is 11.6. The third-order valence-electron chi connectivity index (χ3n) is 2.08. The number of hydrogen-bond acceptors (Lipinski definition) is 5. The summed E-state index contributed by atoms with van der Waals surface area (Å²) in [6, 6.07) is 0. The molecule has 2 N–H and O–H groups in total. The van der Waals surface area contributed by atoms with Gasteiger partial charge < -0.3 is 10.6 Å². The summed E-state index contributed by atoms with van der Waals surface area (Å²) in [5, 5.41) is 14.7. The first-order valence-electron chi connectivity index (χ1n) is 4.55. The molecule has 1 aromatic rings. The molecule has 0 aliphatic rings. The summed E-state index contributed by atoms with van der Waals surface area (Å²) in [7, 11) is 3.84. The van der Waals surface area contributed by atoms with E-state index in [1.54, 1.807) is 6.92 Å². The van der Waals surface area contributed by atoms with Crippen LogP contribution in [0.25, 0.3) is 0 Å². The van der Waals surface area contributed by atoms with Gasteiger partial charge in [-0.1, -0.05) is 0 Å². The normalized spacial score (nSPS) is 10.9. The fourth-order valence-corrected chi connectivity index (χ4v) is 1.28. The van der Waals surface area contributed by atoms with Crippen molar-refractivity contribution in [3.8, 4) is 0 Å². The van der Waals surface area contributed by atoms with Gasteiger partial charge in [-0.25, -0.2) is 4.68 Å². The molecule has 1 aromatic heterocycles. The van der Waals surface area contributed by atoms with Crippen molar-refractivity contribution < 1.29 is 4.92 Å². The van der Waals surface area contributed by atoms with Gasteiger partial charge in [-0.2, -0.15) is 5.10 Å². The van der Waals surface area contributed by atoms with Crippen molar-refractivity contribution in [2.45, 2.75) is 13.5 Å². The van der Waals surface area contributed by atoms with Crippen LogP contribution in [-0.4, -0.2) is 40.2 Å². The summed E-state index contributed by atoms with van der Waals surface area (Å²) in [5.41, 5.74) is 5.90. The number of rotatable bonds is 4. The number of nitrogen functional groups attached to an aromatic ring is 1. The molecule has 1 heterocycles. The van der Waals surface area contributed by atoms with Crippen LogP contribution in [0.4, 0.5) is 11.5 Å². The van der Waals surface area contributed by atoms with Crippen molar-refractivity contribution in [1.82, 2.24) is 14.7 Å². The Morgan fingerprint density at radius 2 is 2.20 bits per heavy atom. The lowest BCUT2D eigenvalue weighted by Gasteiger charge is -2.09. The second-order valence-corrected chi connectivity index (χ2v) is 3.60. The molecule has 84 valence electrons. The number of aryl methyl sites for hydroxylation is 1. The van der Waals surface area contributed by atoms with Crippen molar-refractivity contribution in [2.75, 3.05) is 26.4 Å². The van der Waals surface area contributed by atoms with Gasteiger partial charge in [0.25, 0.3) is 0 Å². The third-order valence-corrected chi connectivity index (χ3v) is 2.08. The molecule has 7 nitrogen and oxygen atoms in total. The molecule has 0 fully saturated rings. The molecule has 7 heteroatoms. The maximum Gasteiger partial charge on any atom is 0.333 e. The standard InChI is InChI=1S/C8H15N5O2/c1-6-7(13(14)15)8(9)12(10-6)5-4-11(2)3/h4-5,9H2,1-3H3. The van der Waals surface area contributed by atoms with Gasteiger partial charge in [-0.3, -0.25) is 10.1 Å². The summed E-state index contributed by atoms with van der Waals surface area (Å²) in [6.45, 7) is 2.87. The van der Waals surface area contributed by atoms with E-state index in [4.69, 9.17) is 5.73 Å². The first-order chi connectivity index (χ1) is 6.93. The molecular weight excluding hydrogens is 198 g/mol. The minimum atomic E-state index is -0.496. The molecule has 15 heavy (non-hydrogen) atoms. The van der Waals surface area contributed by atoms with E-state index < -0.39 is 4.92 Å². The molecule has 0 bridgehead atoms. The van der Waals surface area contributed by atoms with Crippen molar-refractivity contribution in [3.63, 3.8) is 0 Å². The van der Waals surface area contributed by atoms with E-state index in [2.05, 4.69) is 5.10 Å². The molecule has 1 rings (SSSR count). The van der Waals surface area contributed by atoms with E-state index in [0.29, 0.717) is 12.2 Å². The SMILES string of the molecule is Cc1nn(CCN(C)C)c(N)c1[N+](=O)[O-]. The van der Waals surface area contributed by atoms with E-state index in [1.165, 1.54) is 4.68 Å². The number of aromatic nitrogens is 2. The first kappa shape index (κ1) is 11.4. The van der Waals surface area contributed by atoms with Crippen molar-refractivity contribution >= 4 is 11.5 Å². The van der Waals surface area contributed by atoms with E-state index in [1.807, 2.05) is 19.0 Å². The molecule has 0 amide bonds. The zero-order valence-corrected chi connectivity index (χ0v) is 9.10. The Bertz CT molecular complexity index is 371. The summed E-state index contributed by atoms with van der Waals surface area (Å²) < 4.78 is 1.47. The number of anilines is 1. The molecule has 0 aliphatic heterocycles. The highest BCUT2D eigenvalue weighted by Gasteiger charge is 2.22. The van der Waals surface area contributed by atoms with Crippen LogP contribution < -0.4 is 5.73 Å². The number of nitrogens with two attached hydrogens (primary N) is 1. The summed E-state index contributed by atoms with van der Waals surface area (Å²) in [5.74, 6) is 0.124. The van der Waals surface area contributed by atoms with Crippen LogP contribution in [0.15, 0.2) is 0 Å². The first-order valence-corrected chi connectivity index (χ1v) is 4.55. The molecule has 0 radical (unpaired) electrons. The molecule has 0 unspecified atom stereocenters. The third kappa shape index (κ3) is 2.44. The fraction of sp³-hybridized carbons (Fsp3) is 0.625. The van der Waals surface area contributed by atoms with E-state index in [9.17, 15) is 10.1 Å². The average Bonchev–Trinajstić information content (AvgIpc) is 2.37. The van der Waals surface area contributed by atoms with Crippen LogP contribution in [0.5, 0.6) is 0 Å². The minimum Gasteiger partial charge on any atom is -0.378 e. The Morgan fingerprint density at radius 1 is 1.60 bits per heavy atom. The lowest BCUT2D eigenvalue weighted by atomic mass is 10.4. The average molecular weight is 213 g/mol. The van der Waals surface area contributed by atoms with Crippen LogP contribution in [0, 0.1) is 17.0 Å². The lowest BCUT2D eigenvalue weighted by molar-refractivity contribution is -0.384. The maximum atomic E-state index is 10.7. The van der Waals surface area contributed by atoms with E-state index in [0.717, 1.165) is 6.54 Å². The second-order valence-electron chi connectivity index (χ2n) is 3.60. The number of nitrogens with zero attached hydrogens (tertiary/aromatic N) is 4. The van der Waals surface area contributed by atoms with Crippen LogP contribution in [0.2, 0.25) is 0 Å². The highest BCUT2D eigenvalue weighted by atomic mass is 16.6. The lowest BCUT2D eigenvalue weighted by Crippen LogP contribution is -2.20. The molecular formula is C8H15N5O2. The topological polar surface area (TPSA) is 90.2 Å². The van der Waals surface area contributed by atoms with Gasteiger partial charge in [0.2, 0.25) is 5.82 Å². The van der Waals surface area contributed by atoms with Crippen LogP contribution in [0.3, 0.4) is 0 Å². The highest BCUT2D eigenvalue weighted by molar-refractivity contribution is 5.55. The molecule has 0 spiro atoms. The minimum absolute atomic E-state index is 0.0891. The van der Waals surface area contributed by atoms with Crippen LogP contribution in [0.1, 0.15) is 5.69 Å². The largest absolute Gasteiger partial charge is 0.378 e. The second kappa shape index (κ2) is 4.26. The van der Waals surface area contributed by atoms with Gasteiger partial charge in [0, 0.05) is 6.54 Å². The van der Waals surface area contributed by atoms with E-state index in [-0.39, 0.29) is 11.5 Å². The van der Waals surface area contributed by atoms with Crippen LogP contribution in [-0.2, 0) is 6.54 Å². The Morgan fingerprint density at radius 3 is 2.60 bits per heavy atom. The summed E-state index contributed by atoms with van der Waals surface area (Å²) in [6.07, 6.45) is 0. The van der Waals surface area contributed by atoms with Gasteiger partial charge in [0.05, 0.1) is 11.5 Å². The monoisotopic (exact) mass is 213 g/mol. The molecule has 0 saturated carbocycles. The van der Waals surface area contributed by atoms with Gasteiger partial charge in [-0.15, -0.1) is 0 Å². The Labute approximate surface area is 87.6 Å². The Kier molecular flexibility index (Phi) is 3.25. The van der Waals surface area contributed by atoms with Gasteiger partial charge in [-0.05, 0) is 21.0 Å². The predicted molar refractivity (Wildman–Crippen MR) is 56.6 cm³/mol. The number of hydrogen-bond donors (Lipinski definition) is 1. The highest BCUT2D eigenvalue weighted by Crippen LogP contribution is 2.24. The molecule has 0 saturated heterocycles. The van der Waals surface area contributed by atoms with Crippen molar-refractivity contribution in [3.05, 3.63) is 15.8 Å². The smallest absolute Gasteiger partial charge is 0.333 e. The Balaban J connectivity index is 2.91. The van der Waals surface area contributed by atoms with Gasteiger partial charge >= 0.3 is 5.69 Å². The molecule has 0 aliphatic carbocycles. The van der Waals surface area contributed by atoms with E-state index >= 15 is 0 Å². The number of nitro groups is 1. The zero-order valence-electron chi connectivity index (χ0n) is 9.10. The summed E-state index contributed by atoms with van der Waals surface area (Å²) >= 11 is 0. The van der Waals surface area contributed by atoms with Crippen molar-refractivity contribution in [1.29, 1.82) is 0 Å². The van der Waals surface area contributed by atoms with Gasteiger partial charge in [0.1, 0.15) is 5.69 Å².